The Morgan fingerprint density at radius 3 is 2.23 bits per heavy atom. The van der Waals surface area contributed by atoms with Gasteiger partial charge in [-0.15, -0.1) is 0 Å². The Morgan fingerprint density at radius 1 is 0.962 bits per heavy atom. The number of nitrogens with zero attached hydrogens (tertiary/aromatic N) is 1. The minimum atomic E-state index is -3.75. The van der Waals surface area contributed by atoms with E-state index in [1.165, 1.54) is 35.7 Å². The van der Waals surface area contributed by atoms with Crippen molar-refractivity contribution in [1.82, 2.24) is 4.31 Å². The van der Waals surface area contributed by atoms with Crippen LogP contribution in [0.3, 0.4) is 0 Å². The lowest BCUT2D eigenvalue weighted by molar-refractivity contribution is 0.406. The van der Waals surface area contributed by atoms with E-state index in [0.29, 0.717) is 25.1 Å². The van der Waals surface area contributed by atoms with Crippen molar-refractivity contribution >= 4 is 19.9 Å². The van der Waals surface area contributed by atoms with Crippen LogP contribution in [0.2, 0.25) is 0 Å². The van der Waals surface area contributed by atoms with Gasteiger partial charge in [0, 0.05) is 12.6 Å². The summed E-state index contributed by atoms with van der Waals surface area (Å²) in [5.41, 5.74) is 0. The second-order valence-corrected chi connectivity index (χ2v) is 10.1. The van der Waals surface area contributed by atoms with Crippen molar-refractivity contribution in [2.45, 2.75) is 28.7 Å². The Bertz CT molecular complexity index is 954. The maximum Gasteiger partial charge on any atom is 0.243 e. The summed E-state index contributed by atoms with van der Waals surface area (Å²) in [5, 5.41) is 0. The molecule has 1 aliphatic rings. The zero-order chi connectivity index (χ0) is 18.8. The van der Waals surface area contributed by atoms with Crippen LogP contribution in [-0.2, 0) is 19.9 Å². The molecular weight excluding hydrogens is 374 g/mol. The maximum absolute atomic E-state index is 13.0. The van der Waals surface area contributed by atoms with Crippen molar-refractivity contribution in [2.24, 2.45) is 0 Å². The van der Waals surface area contributed by atoms with Gasteiger partial charge in [-0.1, -0.05) is 18.2 Å². The molecule has 0 bridgehead atoms. The molecule has 1 heterocycles. The minimum Gasteiger partial charge on any atom is -0.497 e. The number of benzene rings is 2. The highest BCUT2D eigenvalue weighted by molar-refractivity contribution is 7.91. The topological polar surface area (TPSA) is 80.8 Å². The Labute approximate surface area is 154 Å². The predicted octanol–water partition coefficient (Wildman–Crippen LogP) is 2.32. The van der Waals surface area contributed by atoms with Gasteiger partial charge in [0.15, 0.2) is 9.84 Å². The van der Waals surface area contributed by atoms with Crippen molar-refractivity contribution in [1.29, 1.82) is 0 Å². The molecule has 1 saturated heterocycles. The lowest BCUT2D eigenvalue weighted by Crippen LogP contribution is -2.39. The molecule has 26 heavy (non-hydrogen) atoms. The molecular formula is C18H21NO5S2. The lowest BCUT2D eigenvalue weighted by Gasteiger charge is -2.24. The van der Waals surface area contributed by atoms with Crippen molar-refractivity contribution in [3.63, 3.8) is 0 Å². The highest BCUT2D eigenvalue weighted by atomic mass is 32.2. The molecule has 2 aromatic carbocycles. The molecule has 3 rings (SSSR count). The third-order valence-corrected chi connectivity index (χ3v) is 8.28. The Hall–Kier alpha value is -1.90. The van der Waals surface area contributed by atoms with Crippen LogP contribution >= 0.6 is 0 Å². The van der Waals surface area contributed by atoms with E-state index in [1.807, 2.05) is 0 Å². The smallest absolute Gasteiger partial charge is 0.243 e. The van der Waals surface area contributed by atoms with Gasteiger partial charge in [0.05, 0.1) is 22.7 Å². The van der Waals surface area contributed by atoms with Crippen molar-refractivity contribution in [3.8, 4) is 5.75 Å². The van der Waals surface area contributed by atoms with Gasteiger partial charge in [-0.3, -0.25) is 0 Å². The lowest BCUT2D eigenvalue weighted by atomic mass is 10.3. The Balaban J connectivity index is 1.85. The largest absolute Gasteiger partial charge is 0.497 e. The number of sulfone groups is 1. The average Bonchev–Trinajstić information content (AvgIpc) is 3.11. The van der Waals surface area contributed by atoms with Crippen molar-refractivity contribution in [3.05, 3.63) is 54.6 Å². The SMILES string of the molecule is COc1ccc(S(=O)(=O)N2CCCC2CS(=O)(=O)c2ccccc2)cc1. The number of methoxy groups -OCH3 is 1. The van der Waals surface area contributed by atoms with Crippen LogP contribution in [0.15, 0.2) is 64.4 Å². The first-order chi connectivity index (χ1) is 12.3. The predicted molar refractivity (Wildman–Crippen MR) is 98.4 cm³/mol. The van der Waals surface area contributed by atoms with E-state index in [9.17, 15) is 16.8 Å². The molecule has 1 atom stereocenters. The zero-order valence-corrected chi connectivity index (χ0v) is 16.0. The van der Waals surface area contributed by atoms with E-state index in [-0.39, 0.29) is 15.5 Å². The number of ether oxygens (including phenoxy) is 1. The normalized spacial score (nSPS) is 18.7. The van der Waals surface area contributed by atoms with Gasteiger partial charge in [-0.05, 0) is 49.2 Å². The number of sulfonamides is 1. The van der Waals surface area contributed by atoms with Crippen molar-refractivity contribution in [2.75, 3.05) is 19.4 Å². The summed E-state index contributed by atoms with van der Waals surface area (Å²) in [5.74, 6) is 0.348. The molecule has 6 nitrogen and oxygen atoms in total. The van der Waals surface area contributed by atoms with Gasteiger partial charge in [0.1, 0.15) is 5.75 Å². The van der Waals surface area contributed by atoms with E-state index < -0.39 is 25.9 Å². The molecule has 0 aromatic heterocycles. The highest BCUT2D eigenvalue weighted by Crippen LogP contribution is 2.29. The van der Waals surface area contributed by atoms with Gasteiger partial charge in [-0.25, -0.2) is 16.8 Å². The summed E-state index contributed by atoms with van der Waals surface area (Å²) in [6.45, 7) is 0.323. The summed E-state index contributed by atoms with van der Waals surface area (Å²) in [6, 6.07) is 13.7. The quantitative estimate of drug-likeness (QED) is 0.750. The molecule has 1 unspecified atom stereocenters. The Morgan fingerprint density at radius 2 is 1.62 bits per heavy atom. The van der Waals surface area contributed by atoms with Gasteiger partial charge in [0.25, 0.3) is 0 Å². The molecule has 0 N–H and O–H groups in total. The van der Waals surface area contributed by atoms with Gasteiger partial charge < -0.3 is 4.74 Å². The molecule has 1 fully saturated rings. The molecule has 0 spiro atoms. The number of rotatable bonds is 6. The summed E-state index contributed by atoms with van der Waals surface area (Å²) in [4.78, 5) is 0.357. The molecule has 0 saturated carbocycles. The van der Waals surface area contributed by atoms with Crippen LogP contribution in [0.4, 0.5) is 0 Å². The highest BCUT2D eigenvalue weighted by Gasteiger charge is 2.38. The Kier molecular flexibility index (Phi) is 5.36. The fourth-order valence-electron chi connectivity index (χ4n) is 3.15. The van der Waals surface area contributed by atoms with Gasteiger partial charge in [-0.2, -0.15) is 4.31 Å². The summed E-state index contributed by atoms with van der Waals surface area (Å²) < 4.78 is 57.6. The van der Waals surface area contributed by atoms with E-state index in [1.54, 1.807) is 30.3 Å². The van der Waals surface area contributed by atoms with Crippen LogP contribution in [0.1, 0.15) is 12.8 Å². The summed E-state index contributed by atoms with van der Waals surface area (Å²) in [7, 11) is -5.80. The first-order valence-electron chi connectivity index (χ1n) is 8.28. The summed E-state index contributed by atoms with van der Waals surface area (Å²) >= 11 is 0. The van der Waals surface area contributed by atoms with Gasteiger partial charge >= 0.3 is 0 Å². The maximum atomic E-state index is 13.0. The molecule has 0 aliphatic carbocycles. The van der Waals surface area contributed by atoms with E-state index in [2.05, 4.69) is 0 Å². The summed E-state index contributed by atoms with van der Waals surface area (Å²) in [6.07, 6.45) is 1.17. The van der Waals surface area contributed by atoms with E-state index in [0.717, 1.165) is 0 Å². The number of hydrogen-bond donors (Lipinski definition) is 0. The monoisotopic (exact) mass is 395 g/mol. The van der Waals surface area contributed by atoms with Crippen LogP contribution in [0, 0.1) is 0 Å². The van der Waals surface area contributed by atoms with Gasteiger partial charge in [0.2, 0.25) is 10.0 Å². The van der Waals surface area contributed by atoms with Crippen LogP contribution in [-0.4, -0.2) is 46.6 Å². The molecule has 0 radical (unpaired) electrons. The standard InChI is InChI=1S/C18H21NO5S2/c1-24-16-9-11-18(12-10-16)26(22,23)19-13-5-6-15(19)14-25(20,21)17-7-3-2-4-8-17/h2-4,7-12,15H,5-6,13-14H2,1H3. The van der Waals surface area contributed by atoms with Crippen LogP contribution in [0.25, 0.3) is 0 Å². The number of hydrogen-bond acceptors (Lipinski definition) is 5. The second kappa shape index (κ2) is 7.38. The van der Waals surface area contributed by atoms with Crippen LogP contribution < -0.4 is 4.74 Å². The molecule has 1 aliphatic heterocycles. The average molecular weight is 396 g/mol. The molecule has 140 valence electrons. The second-order valence-electron chi connectivity index (χ2n) is 6.18. The fraction of sp³-hybridized carbons (Fsp3) is 0.333. The van der Waals surface area contributed by atoms with E-state index >= 15 is 0 Å². The minimum absolute atomic E-state index is 0.141. The molecule has 8 heteroatoms. The van der Waals surface area contributed by atoms with Crippen LogP contribution in [0.5, 0.6) is 5.75 Å². The molecule has 2 aromatic rings. The third-order valence-electron chi connectivity index (χ3n) is 4.50. The van der Waals surface area contributed by atoms with E-state index in [4.69, 9.17) is 4.74 Å². The fourth-order valence-corrected chi connectivity index (χ4v) is 6.56. The third kappa shape index (κ3) is 3.77. The first kappa shape index (κ1) is 18.9. The van der Waals surface area contributed by atoms with Crippen molar-refractivity contribution < 1.29 is 21.6 Å². The first-order valence-corrected chi connectivity index (χ1v) is 11.4. The zero-order valence-electron chi connectivity index (χ0n) is 14.4. The molecule has 0 amide bonds.